The van der Waals surface area contributed by atoms with E-state index >= 15 is 0 Å². The van der Waals surface area contributed by atoms with Crippen LogP contribution in [0.15, 0.2) is 47.2 Å². The lowest BCUT2D eigenvalue weighted by atomic mass is 9.75. The zero-order valence-electron chi connectivity index (χ0n) is 13.7. The largest absolute Gasteiger partial charge is 0.396 e. The molecule has 3 rings (SSSR count). The number of nitrogens with zero attached hydrogens (tertiary/aromatic N) is 2. The molecule has 0 unspecified atom stereocenters. The van der Waals surface area contributed by atoms with E-state index in [0.29, 0.717) is 6.61 Å². The molecule has 4 heteroatoms. The molecule has 0 amide bonds. The van der Waals surface area contributed by atoms with Gasteiger partial charge in [-0.1, -0.05) is 35.5 Å². The first kappa shape index (κ1) is 16.2. The first-order valence-corrected chi connectivity index (χ1v) is 8.56. The number of rotatable bonds is 7. The first-order chi connectivity index (χ1) is 11.3. The summed E-state index contributed by atoms with van der Waals surface area (Å²) in [5.74, 6) is 0. The highest BCUT2D eigenvalue weighted by atomic mass is 16.5. The number of aromatic nitrogens is 1. The second-order valence-electron chi connectivity index (χ2n) is 6.76. The second-order valence-corrected chi connectivity index (χ2v) is 6.76. The topological polar surface area (TPSA) is 49.5 Å². The summed E-state index contributed by atoms with van der Waals surface area (Å²) in [6.45, 7) is 3.21. The average molecular weight is 314 g/mol. The van der Waals surface area contributed by atoms with Gasteiger partial charge in [0.2, 0.25) is 0 Å². The molecule has 1 aliphatic heterocycles. The minimum Gasteiger partial charge on any atom is -0.396 e. The normalized spacial score (nSPS) is 18.1. The number of likely N-dealkylation sites (tertiary alicyclic amines) is 1. The van der Waals surface area contributed by atoms with Crippen LogP contribution < -0.4 is 0 Å². The highest BCUT2D eigenvalue weighted by Crippen LogP contribution is 2.36. The van der Waals surface area contributed by atoms with E-state index in [1.165, 1.54) is 5.56 Å². The predicted octanol–water partition coefficient (Wildman–Crippen LogP) is 3.27. The molecule has 1 fully saturated rings. The third-order valence-corrected chi connectivity index (χ3v) is 5.14. The summed E-state index contributed by atoms with van der Waals surface area (Å²) >= 11 is 0. The van der Waals surface area contributed by atoms with E-state index in [4.69, 9.17) is 4.52 Å². The van der Waals surface area contributed by atoms with Gasteiger partial charge in [-0.25, -0.2) is 0 Å². The Morgan fingerprint density at radius 1 is 1.13 bits per heavy atom. The molecule has 1 aromatic heterocycles. The number of benzene rings is 1. The smallest absolute Gasteiger partial charge is 0.124 e. The molecule has 0 bridgehead atoms. The van der Waals surface area contributed by atoms with Crippen LogP contribution in [0, 0.1) is 5.41 Å². The maximum Gasteiger partial charge on any atom is 0.124 e. The van der Waals surface area contributed by atoms with E-state index in [-0.39, 0.29) is 5.41 Å². The quantitative estimate of drug-likeness (QED) is 0.852. The maximum absolute atomic E-state index is 9.94. The van der Waals surface area contributed by atoms with Crippen molar-refractivity contribution in [1.82, 2.24) is 10.1 Å². The Hall–Kier alpha value is -1.65. The molecule has 23 heavy (non-hydrogen) atoms. The van der Waals surface area contributed by atoms with Crippen molar-refractivity contribution >= 4 is 0 Å². The summed E-state index contributed by atoms with van der Waals surface area (Å²) in [4.78, 5) is 2.41. The molecule has 1 saturated heterocycles. The first-order valence-electron chi connectivity index (χ1n) is 8.56. The summed E-state index contributed by atoms with van der Waals surface area (Å²) in [6.07, 6.45) is 7.11. The van der Waals surface area contributed by atoms with E-state index in [9.17, 15) is 5.11 Å². The molecule has 0 aliphatic carbocycles. The molecule has 0 radical (unpaired) electrons. The minimum absolute atomic E-state index is 0.106. The Morgan fingerprint density at radius 2 is 1.91 bits per heavy atom. The molecule has 0 saturated carbocycles. The summed E-state index contributed by atoms with van der Waals surface area (Å²) < 4.78 is 4.90. The third-order valence-electron chi connectivity index (χ3n) is 5.14. The molecule has 124 valence electrons. The number of hydrogen-bond donors (Lipinski definition) is 1. The number of hydrogen-bond acceptors (Lipinski definition) is 4. The molecule has 1 aliphatic rings. The lowest BCUT2D eigenvalue weighted by Gasteiger charge is -2.40. The number of aliphatic hydroxyl groups excluding tert-OH is 1. The molecule has 4 nitrogen and oxygen atoms in total. The fourth-order valence-corrected chi connectivity index (χ4v) is 3.53. The second kappa shape index (κ2) is 7.75. The molecule has 1 aromatic carbocycles. The lowest BCUT2D eigenvalue weighted by molar-refractivity contribution is 0.0323. The molecular weight excluding hydrogens is 288 g/mol. The third kappa shape index (κ3) is 4.43. The lowest BCUT2D eigenvalue weighted by Crippen LogP contribution is -2.41. The Bertz CT molecular complexity index is 560. The van der Waals surface area contributed by atoms with Gasteiger partial charge in [-0.3, -0.25) is 4.90 Å². The van der Waals surface area contributed by atoms with Gasteiger partial charge in [0.05, 0.1) is 5.69 Å². The van der Waals surface area contributed by atoms with Gasteiger partial charge in [-0.05, 0) is 56.2 Å². The Kier molecular flexibility index (Phi) is 5.47. The summed E-state index contributed by atoms with van der Waals surface area (Å²) in [7, 11) is 0. The van der Waals surface area contributed by atoms with Crippen molar-refractivity contribution in [2.45, 2.75) is 38.6 Å². The Labute approximate surface area is 138 Å². The van der Waals surface area contributed by atoms with Crippen LogP contribution in [0.4, 0.5) is 0 Å². The van der Waals surface area contributed by atoms with E-state index in [1.54, 1.807) is 6.26 Å². The van der Waals surface area contributed by atoms with Gasteiger partial charge in [-0.15, -0.1) is 0 Å². The zero-order valence-corrected chi connectivity index (χ0v) is 13.7. The van der Waals surface area contributed by atoms with Crippen LogP contribution in [-0.4, -0.2) is 34.9 Å². The monoisotopic (exact) mass is 314 g/mol. The van der Waals surface area contributed by atoms with Gasteiger partial charge >= 0.3 is 0 Å². The summed E-state index contributed by atoms with van der Waals surface area (Å²) in [5, 5.41) is 13.9. The van der Waals surface area contributed by atoms with Gasteiger partial charge in [0.25, 0.3) is 0 Å². The fraction of sp³-hybridized carbons (Fsp3) is 0.526. The predicted molar refractivity (Wildman–Crippen MR) is 89.9 cm³/mol. The zero-order chi connectivity index (χ0) is 16.0. The number of piperidine rings is 1. The summed E-state index contributed by atoms with van der Waals surface area (Å²) in [5.41, 5.74) is 2.49. The highest BCUT2D eigenvalue weighted by Gasteiger charge is 2.33. The van der Waals surface area contributed by atoms with E-state index < -0.39 is 0 Å². The van der Waals surface area contributed by atoms with Crippen molar-refractivity contribution in [3.63, 3.8) is 0 Å². The highest BCUT2D eigenvalue weighted by molar-refractivity contribution is 5.14. The van der Waals surface area contributed by atoms with Crippen LogP contribution >= 0.6 is 0 Å². The minimum atomic E-state index is 0.106. The molecule has 0 atom stereocenters. The van der Waals surface area contributed by atoms with Gasteiger partial charge < -0.3 is 9.63 Å². The fourth-order valence-electron chi connectivity index (χ4n) is 3.53. The standard InChI is InChI=1S/C19H26N2O2/c22-16-19(9-4-7-17-5-2-1-3-6-17)10-12-21(13-11-19)15-18-8-14-23-20-18/h1-3,5-6,8,14,22H,4,7,9-13,15-16H2. The van der Waals surface area contributed by atoms with E-state index in [1.807, 2.05) is 6.07 Å². The van der Waals surface area contributed by atoms with Crippen LogP contribution in [0.1, 0.15) is 36.9 Å². The van der Waals surface area contributed by atoms with Gasteiger partial charge in [-0.2, -0.15) is 0 Å². The van der Waals surface area contributed by atoms with Crippen LogP contribution in [0.25, 0.3) is 0 Å². The molecule has 2 aromatic rings. The Morgan fingerprint density at radius 3 is 2.57 bits per heavy atom. The van der Waals surface area contributed by atoms with Crippen molar-refractivity contribution in [2.75, 3.05) is 19.7 Å². The van der Waals surface area contributed by atoms with Crippen LogP contribution in [0.5, 0.6) is 0 Å². The molecule has 2 heterocycles. The van der Waals surface area contributed by atoms with Crippen LogP contribution in [-0.2, 0) is 13.0 Å². The average Bonchev–Trinajstić information content (AvgIpc) is 3.11. The summed E-state index contributed by atoms with van der Waals surface area (Å²) in [6, 6.07) is 12.6. The maximum atomic E-state index is 9.94. The number of aliphatic hydroxyl groups is 1. The van der Waals surface area contributed by atoms with Crippen LogP contribution in [0.3, 0.4) is 0 Å². The Balaban J connectivity index is 1.46. The van der Waals surface area contributed by atoms with Gasteiger partial charge in [0.15, 0.2) is 0 Å². The van der Waals surface area contributed by atoms with Crippen molar-refractivity contribution < 1.29 is 9.63 Å². The van der Waals surface area contributed by atoms with Crippen LogP contribution in [0.2, 0.25) is 0 Å². The van der Waals surface area contributed by atoms with Gasteiger partial charge in [0.1, 0.15) is 6.26 Å². The van der Waals surface area contributed by atoms with Crippen molar-refractivity contribution in [3.8, 4) is 0 Å². The van der Waals surface area contributed by atoms with Crippen molar-refractivity contribution in [3.05, 3.63) is 53.9 Å². The van der Waals surface area contributed by atoms with E-state index in [2.05, 4.69) is 40.4 Å². The molecule has 1 N–H and O–H groups in total. The molecular formula is C19H26N2O2. The van der Waals surface area contributed by atoms with Gasteiger partial charge in [0, 0.05) is 19.2 Å². The van der Waals surface area contributed by atoms with Crippen molar-refractivity contribution in [2.24, 2.45) is 5.41 Å². The van der Waals surface area contributed by atoms with Crippen molar-refractivity contribution in [1.29, 1.82) is 0 Å². The number of aryl methyl sites for hydroxylation is 1. The molecule has 0 spiro atoms. The van der Waals surface area contributed by atoms with E-state index in [0.717, 1.165) is 57.4 Å². The SMILES string of the molecule is OCC1(CCCc2ccccc2)CCN(Cc2ccon2)CC1.